The maximum absolute atomic E-state index is 14.8. The second-order valence-electron chi connectivity index (χ2n) is 12.9. The van der Waals surface area contributed by atoms with Crippen LogP contribution in [0.25, 0.3) is 33.9 Å². The maximum Gasteiger partial charge on any atom is 0.460 e. The molecule has 0 aliphatic carbocycles. The van der Waals surface area contributed by atoms with Crippen molar-refractivity contribution in [2.24, 2.45) is 0 Å². The van der Waals surface area contributed by atoms with Gasteiger partial charge in [-0.2, -0.15) is 114 Å². The summed E-state index contributed by atoms with van der Waals surface area (Å²) < 4.78 is 420. The summed E-state index contributed by atoms with van der Waals surface area (Å²) in [5.74, 6) is -97.9. The van der Waals surface area contributed by atoms with E-state index in [1.54, 1.807) is 0 Å². The van der Waals surface area contributed by atoms with Crippen molar-refractivity contribution < 1.29 is 136 Å². The lowest BCUT2D eigenvalue weighted by Gasteiger charge is -2.39. The lowest BCUT2D eigenvalue weighted by atomic mass is 9.91. The van der Waals surface area contributed by atoms with Crippen molar-refractivity contribution in [2.45, 2.75) is 71.6 Å². The monoisotopic (exact) mass is 1040 g/mol. The molecule has 0 saturated heterocycles. The van der Waals surface area contributed by atoms with E-state index in [0.29, 0.717) is 24.3 Å². The van der Waals surface area contributed by atoms with E-state index in [1.807, 2.05) is 0 Å². The molecule has 0 heterocycles. The standard InChI is InChI=1S/C34H11F30OP/c35-19(21(37)23(39,40)25(43,44)27(47,48)29(51,52)31(55,56)33(59,60)61)14-8-4-12(5-9-14)16-2-1-3-17(66-65)18(16)13-6-10-15(11-7-13)20(36)22(38)24(41,42)26(45,46)28(49,50)30(53,54)32(57,58)34(62,63)64/h1-11H. The third kappa shape index (κ3) is 8.10. The molecule has 3 aromatic rings. The summed E-state index contributed by atoms with van der Waals surface area (Å²) in [7, 11) is -1.05. The molecule has 0 fully saturated rings. The van der Waals surface area contributed by atoms with Gasteiger partial charge in [0.05, 0.1) is 5.30 Å². The highest BCUT2D eigenvalue weighted by molar-refractivity contribution is 7.34. The number of allylic oxidation sites excluding steroid dienone is 2. The van der Waals surface area contributed by atoms with Crippen molar-refractivity contribution in [1.82, 2.24) is 0 Å². The number of alkyl halides is 26. The third-order valence-electron chi connectivity index (χ3n) is 8.82. The van der Waals surface area contributed by atoms with Crippen LogP contribution in [0.2, 0.25) is 0 Å². The van der Waals surface area contributed by atoms with Crippen LogP contribution in [0.4, 0.5) is 132 Å². The first-order valence-corrected chi connectivity index (χ1v) is 16.8. The summed E-state index contributed by atoms with van der Waals surface area (Å²) in [5, 5.41) is -0.454. The molecule has 0 unspecified atom stereocenters. The number of rotatable bonds is 15. The Kier molecular flexibility index (Phi) is 14.1. The molecule has 0 bridgehead atoms. The normalized spacial score (nSPS) is 15.8. The van der Waals surface area contributed by atoms with E-state index in [-0.39, 0.29) is 24.3 Å². The van der Waals surface area contributed by atoms with Gasteiger partial charge in [-0.05, 0) is 22.8 Å². The molecular weight excluding hydrogens is 1030 g/mol. The fourth-order valence-electron chi connectivity index (χ4n) is 5.08. The fraction of sp³-hybridized carbons (Fsp3) is 0.353. The Balaban J connectivity index is 2.10. The van der Waals surface area contributed by atoms with Gasteiger partial charge in [0.25, 0.3) is 0 Å². The molecule has 66 heavy (non-hydrogen) atoms. The van der Waals surface area contributed by atoms with Crippen molar-refractivity contribution in [3.05, 3.63) is 89.5 Å². The first kappa shape index (κ1) is 55.5. The van der Waals surface area contributed by atoms with Crippen LogP contribution in [0.15, 0.2) is 78.4 Å². The van der Waals surface area contributed by atoms with Gasteiger partial charge in [0.2, 0.25) is 11.7 Å². The number of halogens is 30. The van der Waals surface area contributed by atoms with Gasteiger partial charge in [0.15, 0.2) is 20.1 Å². The molecule has 0 atom stereocenters. The van der Waals surface area contributed by atoms with E-state index < -0.39 is 142 Å². The van der Waals surface area contributed by atoms with Crippen LogP contribution in [0.1, 0.15) is 11.1 Å². The fourth-order valence-corrected chi connectivity index (χ4v) is 5.57. The lowest BCUT2D eigenvalue weighted by molar-refractivity contribution is -0.437. The minimum absolute atomic E-state index is 0.0525. The summed E-state index contributed by atoms with van der Waals surface area (Å²) >= 11 is 0. The van der Waals surface area contributed by atoms with Crippen LogP contribution in [0, 0.1) is 0 Å². The van der Waals surface area contributed by atoms with E-state index in [9.17, 15) is 136 Å². The Morgan fingerprint density at radius 3 is 0.924 bits per heavy atom. The first-order chi connectivity index (χ1) is 29.3. The highest BCUT2D eigenvalue weighted by Crippen LogP contribution is 2.63. The molecular formula is C34H11F30OP. The Morgan fingerprint density at radius 2 is 0.636 bits per heavy atom. The van der Waals surface area contributed by atoms with Gasteiger partial charge in [-0.25, -0.2) is 17.6 Å². The summed E-state index contributed by atoms with van der Waals surface area (Å²) in [6.07, 6.45) is -15.6. The zero-order valence-electron chi connectivity index (χ0n) is 30.0. The van der Waals surface area contributed by atoms with Crippen LogP contribution < -0.4 is 5.30 Å². The predicted molar refractivity (Wildman–Crippen MR) is 164 cm³/mol. The average molecular weight is 1040 g/mol. The summed E-state index contributed by atoms with van der Waals surface area (Å²) in [6.45, 7) is 0. The molecule has 3 aromatic carbocycles. The summed E-state index contributed by atoms with van der Waals surface area (Å²) in [6, 6.07) is 4.78. The molecule has 368 valence electrons. The van der Waals surface area contributed by atoms with Gasteiger partial charge in [-0.15, -0.1) is 0 Å². The van der Waals surface area contributed by atoms with Crippen LogP contribution in [0.3, 0.4) is 0 Å². The molecule has 0 spiro atoms. The molecule has 0 N–H and O–H groups in total. The number of benzene rings is 3. The molecule has 0 aliphatic rings. The second kappa shape index (κ2) is 16.7. The molecule has 0 amide bonds. The minimum atomic E-state index is -8.51. The quantitative estimate of drug-likeness (QED) is 0.110. The highest BCUT2D eigenvalue weighted by Gasteiger charge is 2.93. The van der Waals surface area contributed by atoms with Crippen LogP contribution in [-0.2, 0) is 4.57 Å². The van der Waals surface area contributed by atoms with Gasteiger partial charge in [-0.1, -0.05) is 60.7 Å². The molecule has 3 rings (SSSR count). The number of hydrogen-bond acceptors (Lipinski definition) is 1. The maximum atomic E-state index is 14.8. The Morgan fingerprint density at radius 1 is 0.348 bits per heavy atom. The highest BCUT2D eigenvalue weighted by atomic mass is 31.1. The number of hydrogen-bond donors (Lipinski definition) is 0. The predicted octanol–water partition coefficient (Wildman–Crippen LogP) is 15.6. The van der Waals surface area contributed by atoms with Gasteiger partial charge < -0.3 is 0 Å². The van der Waals surface area contributed by atoms with E-state index in [1.165, 1.54) is 0 Å². The van der Waals surface area contributed by atoms with E-state index >= 15 is 0 Å². The Bertz CT molecular complexity index is 2350. The average Bonchev–Trinajstić information content (AvgIpc) is 3.20. The largest absolute Gasteiger partial charge is 0.460 e. The zero-order valence-corrected chi connectivity index (χ0v) is 30.9. The topological polar surface area (TPSA) is 17.1 Å². The van der Waals surface area contributed by atoms with Crippen LogP contribution in [0.5, 0.6) is 0 Å². The minimum Gasteiger partial charge on any atom is -0.269 e. The molecule has 0 radical (unpaired) electrons. The van der Waals surface area contributed by atoms with E-state index in [4.69, 9.17) is 0 Å². The van der Waals surface area contributed by atoms with Crippen molar-refractivity contribution in [3.63, 3.8) is 0 Å². The summed E-state index contributed by atoms with van der Waals surface area (Å²) in [5.41, 5.74) is -5.43. The molecule has 0 aromatic heterocycles. The smallest absolute Gasteiger partial charge is 0.269 e. The Labute approximate surface area is 345 Å². The Hall–Kier alpha value is -4.86. The third-order valence-corrected chi connectivity index (χ3v) is 9.39. The molecule has 0 saturated carbocycles. The van der Waals surface area contributed by atoms with Crippen molar-refractivity contribution in [3.8, 4) is 22.3 Å². The lowest BCUT2D eigenvalue weighted by Crippen LogP contribution is -2.70. The van der Waals surface area contributed by atoms with Crippen LogP contribution in [-0.4, -0.2) is 71.6 Å². The van der Waals surface area contributed by atoms with E-state index in [2.05, 4.69) is 0 Å². The molecule has 1 nitrogen and oxygen atoms in total. The van der Waals surface area contributed by atoms with E-state index in [0.717, 1.165) is 18.2 Å². The van der Waals surface area contributed by atoms with Gasteiger partial charge in [-0.3, -0.25) is 4.57 Å². The molecule has 0 aliphatic heterocycles. The summed E-state index contributed by atoms with van der Waals surface area (Å²) in [4.78, 5) is 0. The van der Waals surface area contributed by atoms with Gasteiger partial charge in [0.1, 0.15) is 0 Å². The zero-order chi connectivity index (χ0) is 51.8. The van der Waals surface area contributed by atoms with Crippen molar-refractivity contribution in [1.29, 1.82) is 0 Å². The van der Waals surface area contributed by atoms with Gasteiger partial charge in [0, 0.05) is 16.7 Å². The van der Waals surface area contributed by atoms with Crippen LogP contribution >= 0.6 is 8.46 Å². The van der Waals surface area contributed by atoms with Crippen molar-refractivity contribution in [2.75, 3.05) is 0 Å². The second-order valence-corrected chi connectivity index (χ2v) is 13.6. The SMILES string of the molecule is O=Pc1cccc(-c2ccc(C(F)=C(F)C(F)(F)C(F)(F)C(F)(F)C(F)(F)C(F)(F)C(F)(F)F)cc2)c1-c1ccc(C(F)=C(F)C(F)(F)C(F)(F)C(F)(F)C(F)(F)C(F)(F)C(F)(F)F)cc1. The first-order valence-electron chi connectivity index (χ1n) is 16.0. The molecule has 32 heteroatoms. The van der Waals surface area contributed by atoms with Crippen molar-refractivity contribution >= 4 is 25.4 Å². The van der Waals surface area contributed by atoms with Gasteiger partial charge >= 0.3 is 71.6 Å².